The van der Waals surface area contributed by atoms with Crippen LogP contribution in [0.15, 0.2) is 15.8 Å². The number of hydrogen-bond acceptors (Lipinski definition) is 13. The quantitative estimate of drug-likeness (QED) is 0.183. The number of aliphatic hydroxyl groups excluding tert-OH is 2. The first-order chi connectivity index (χ1) is 18.2. The summed E-state index contributed by atoms with van der Waals surface area (Å²) in [5.74, 6) is -4.53. The van der Waals surface area contributed by atoms with E-state index in [9.17, 15) is 34.0 Å². The molecule has 0 bridgehead atoms. The van der Waals surface area contributed by atoms with Gasteiger partial charge < -0.3 is 24.4 Å². The number of carbonyl (C=O) groups excluding carboxylic acids is 2. The number of esters is 2. The summed E-state index contributed by atoms with van der Waals surface area (Å²) in [5.41, 5.74) is -6.55. The van der Waals surface area contributed by atoms with Gasteiger partial charge in [-0.15, -0.1) is 0 Å². The predicted molar refractivity (Wildman–Crippen MR) is 133 cm³/mol. The van der Waals surface area contributed by atoms with Crippen LogP contribution in [0.1, 0.15) is 48.0 Å². The number of hydrogen-bond donors (Lipinski definition) is 3. The summed E-state index contributed by atoms with van der Waals surface area (Å²) in [6.45, 7) is 4.86. The molecule has 228 valence electrons. The number of phosphoric acid groups is 1. The van der Waals surface area contributed by atoms with E-state index in [4.69, 9.17) is 39.4 Å². The molecule has 0 aromatic carbocycles. The summed E-state index contributed by atoms with van der Waals surface area (Å²) in [6, 6.07) is 0. The van der Waals surface area contributed by atoms with E-state index in [0.717, 1.165) is 6.20 Å². The second-order valence-corrected chi connectivity index (χ2v) is 13.0. The Labute approximate surface area is 233 Å². The molecule has 1 aromatic rings. The van der Waals surface area contributed by atoms with Crippen LogP contribution < -0.4 is 11.2 Å². The van der Waals surface area contributed by atoms with Crippen LogP contribution in [-0.2, 0) is 47.7 Å². The number of phosphoric ester groups is 1. The van der Waals surface area contributed by atoms with Gasteiger partial charge in [0.2, 0.25) is 25.2 Å². The van der Waals surface area contributed by atoms with Crippen LogP contribution in [0.3, 0.4) is 0 Å². The van der Waals surface area contributed by atoms with Gasteiger partial charge in [-0.2, -0.15) is 0 Å². The average molecular weight is 619 g/mol. The number of aliphatic hydroxyl groups is 2. The first-order valence-corrected chi connectivity index (χ1v) is 13.6. The van der Waals surface area contributed by atoms with Crippen LogP contribution >= 0.6 is 19.4 Å². The molecule has 0 spiro atoms. The Morgan fingerprint density at radius 1 is 1.12 bits per heavy atom. The Morgan fingerprint density at radius 3 is 2.08 bits per heavy atom. The van der Waals surface area contributed by atoms with Crippen LogP contribution in [-0.4, -0.2) is 70.5 Å². The summed E-state index contributed by atoms with van der Waals surface area (Å²) in [7, 11) is -4.85. The number of ether oxygens (including phenoxy) is 3. The molecule has 1 fully saturated rings. The lowest BCUT2D eigenvalue weighted by molar-refractivity contribution is -0.247. The maximum atomic E-state index is 15.7. The molecule has 18 heteroatoms. The van der Waals surface area contributed by atoms with Crippen molar-refractivity contribution in [2.24, 2.45) is 10.8 Å². The highest BCUT2D eigenvalue weighted by Crippen LogP contribution is 2.52. The molecule has 2 heterocycles. The number of H-pyrrole nitrogens is 1. The van der Waals surface area contributed by atoms with Crippen molar-refractivity contribution in [3.05, 3.63) is 32.1 Å². The highest BCUT2D eigenvalue weighted by atomic mass is 35.5. The van der Waals surface area contributed by atoms with Gasteiger partial charge in [0.15, 0.2) is 0 Å². The third-order valence-corrected chi connectivity index (χ3v) is 6.93. The van der Waals surface area contributed by atoms with E-state index in [0.29, 0.717) is 4.57 Å². The lowest BCUT2D eigenvalue weighted by Gasteiger charge is -2.32. The van der Waals surface area contributed by atoms with Gasteiger partial charge in [-0.1, -0.05) is 11.6 Å². The van der Waals surface area contributed by atoms with E-state index in [1.165, 1.54) is 41.5 Å². The Morgan fingerprint density at radius 2 is 1.62 bits per heavy atom. The van der Waals surface area contributed by atoms with E-state index in [-0.39, 0.29) is 0 Å². The molecule has 0 saturated carbocycles. The van der Waals surface area contributed by atoms with Gasteiger partial charge in [0.25, 0.3) is 5.56 Å². The molecule has 0 amide bonds. The van der Waals surface area contributed by atoms with Crippen molar-refractivity contribution in [2.75, 3.05) is 26.8 Å². The molecule has 2 rings (SSSR count). The number of halogens is 2. The van der Waals surface area contributed by atoms with Crippen LogP contribution in [0.4, 0.5) is 4.39 Å². The summed E-state index contributed by atoms with van der Waals surface area (Å²) in [4.78, 5) is 49.8. The first kappa shape index (κ1) is 34.0. The van der Waals surface area contributed by atoms with Crippen LogP contribution in [0.2, 0.25) is 5.02 Å². The molecular weight excluding hydrogens is 586 g/mol. The van der Waals surface area contributed by atoms with E-state index < -0.39 is 97.8 Å². The highest BCUT2D eigenvalue weighted by molar-refractivity contribution is 7.48. The zero-order valence-electron chi connectivity index (χ0n) is 22.7. The van der Waals surface area contributed by atoms with Gasteiger partial charge in [-0.3, -0.25) is 28.5 Å². The standard InChI is InChI=1S/C22H33ClFN2O13P/c1-19(2,3)16(30)34-11-37-40(33,38-12-35-17(31)20(4,5)6)36-10-21(24)7-14(28)22(9-27,39-21)26-8-13(23)15(29)25-18(26)32/h8,14,27-28H,7,9-12H2,1-6H3,(H,25,29,32)/t14-,21+,22-/m1/s1. The van der Waals surface area contributed by atoms with Gasteiger partial charge in [0.1, 0.15) is 17.7 Å². The lowest BCUT2D eigenvalue weighted by atomic mass is 9.98. The maximum absolute atomic E-state index is 15.7. The van der Waals surface area contributed by atoms with Crippen molar-refractivity contribution in [1.82, 2.24) is 9.55 Å². The van der Waals surface area contributed by atoms with Crippen LogP contribution in [0, 0.1) is 10.8 Å². The number of carbonyl (C=O) groups is 2. The maximum Gasteiger partial charge on any atom is 0.480 e. The van der Waals surface area contributed by atoms with Crippen LogP contribution in [0.25, 0.3) is 0 Å². The normalized spacial score (nSPS) is 23.7. The number of nitrogens with zero attached hydrogens (tertiary/aromatic N) is 1. The fourth-order valence-electron chi connectivity index (χ4n) is 3.12. The van der Waals surface area contributed by atoms with Gasteiger partial charge in [0.05, 0.1) is 17.4 Å². The minimum Gasteiger partial charge on any atom is -0.437 e. The molecule has 1 aliphatic heterocycles. The third kappa shape index (κ3) is 8.19. The molecule has 1 saturated heterocycles. The monoisotopic (exact) mass is 618 g/mol. The molecule has 0 aliphatic carbocycles. The fourth-order valence-corrected chi connectivity index (χ4v) is 4.21. The van der Waals surface area contributed by atoms with Crippen molar-refractivity contribution < 1.29 is 56.5 Å². The zero-order valence-corrected chi connectivity index (χ0v) is 24.4. The molecule has 40 heavy (non-hydrogen) atoms. The predicted octanol–water partition coefficient (Wildman–Crippen LogP) is 1.53. The third-order valence-electron chi connectivity index (χ3n) is 5.38. The molecule has 1 aromatic heterocycles. The number of alkyl halides is 1. The SMILES string of the molecule is CC(C)(C)C(=O)OCOP(=O)(OCOC(=O)C(C)(C)C)OC[C@]1(F)C[C@@H](O)[C@](CO)(n2cc(Cl)c(=O)[nH]c2=O)O1. The lowest BCUT2D eigenvalue weighted by Crippen LogP contribution is -2.53. The minimum absolute atomic E-state index is 0.493. The van der Waals surface area contributed by atoms with Crippen molar-refractivity contribution in [2.45, 2.75) is 65.6 Å². The summed E-state index contributed by atoms with van der Waals surface area (Å²) in [6.07, 6.45) is -2.11. The largest absolute Gasteiger partial charge is 0.480 e. The van der Waals surface area contributed by atoms with Gasteiger partial charge in [-0.05, 0) is 41.5 Å². The second kappa shape index (κ2) is 12.4. The molecule has 0 unspecified atom stereocenters. The Hall–Kier alpha value is -2.17. The van der Waals surface area contributed by atoms with Crippen molar-refractivity contribution in [3.63, 3.8) is 0 Å². The minimum atomic E-state index is -4.85. The summed E-state index contributed by atoms with van der Waals surface area (Å²) < 4.78 is 59.3. The fraction of sp³-hybridized carbons (Fsp3) is 0.727. The van der Waals surface area contributed by atoms with E-state index >= 15 is 4.39 Å². The molecule has 1 aliphatic rings. The smallest absolute Gasteiger partial charge is 0.437 e. The summed E-state index contributed by atoms with van der Waals surface area (Å²) >= 11 is 5.74. The Kier molecular flexibility index (Phi) is 10.5. The summed E-state index contributed by atoms with van der Waals surface area (Å²) in [5, 5.41) is 20.0. The van der Waals surface area contributed by atoms with E-state index in [1.807, 2.05) is 4.98 Å². The number of aromatic nitrogens is 2. The molecular formula is C22H33ClFN2O13P. The molecule has 3 atom stereocenters. The number of rotatable bonds is 11. The number of nitrogens with one attached hydrogen (secondary N) is 1. The van der Waals surface area contributed by atoms with E-state index in [2.05, 4.69) is 0 Å². The van der Waals surface area contributed by atoms with Crippen LogP contribution in [0.5, 0.6) is 0 Å². The highest BCUT2D eigenvalue weighted by Gasteiger charge is 2.59. The second-order valence-electron chi connectivity index (χ2n) is 10.9. The Bertz CT molecular complexity index is 1220. The van der Waals surface area contributed by atoms with Crippen molar-refractivity contribution in [1.29, 1.82) is 0 Å². The van der Waals surface area contributed by atoms with Crippen molar-refractivity contribution in [3.8, 4) is 0 Å². The number of aromatic amines is 1. The van der Waals surface area contributed by atoms with E-state index in [1.54, 1.807) is 0 Å². The zero-order chi connectivity index (χ0) is 30.7. The molecule has 0 radical (unpaired) electrons. The van der Waals surface area contributed by atoms with Gasteiger partial charge in [-0.25, -0.2) is 22.8 Å². The van der Waals surface area contributed by atoms with Gasteiger partial charge in [0, 0.05) is 12.6 Å². The first-order valence-electron chi connectivity index (χ1n) is 11.8. The average Bonchev–Trinajstić information content (AvgIpc) is 3.09. The Balaban J connectivity index is 2.24. The molecule has 3 N–H and O–H groups in total. The van der Waals surface area contributed by atoms with Crippen molar-refractivity contribution >= 4 is 31.4 Å². The van der Waals surface area contributed by atoms with Gasteiger partial charge >= 0.3 is 25.5 Å². The molecule has 15 nitrogen and oxygen atoms in total. The topological polar surface area (TPSA) is 202 Å².